The largest absolute Gasteiger partial charge is 0.396 e. The molecule has 0 amide bonds. The second-order valence-electron chi connectivity index (χ2n) is 3.59. The Hall–Kier alpha value is -1.90. The topological polar surface area (TPSA) is 51.8 Å². The summed E-state index contributed by atoms with van der Waals surface area (Å²) in [5.74, 6) is 0.736. The zero-order chi connectivity index (χ0) is 10.8. The minimum atomic E-state index is 0.615. The number of nitrogen functional groups attached to an aromatic ring is 1. The lowest BCUT2D eigenvalue weighted by atomic mass is 10.1. The van der Waals surface area contributed by atoms with Crippen molar-refractivity contribution >= 4 is 5.69 Å². The summed E-state index contributed by atoms with van der Waals surface area (Å²) in [7, 11) is 0. The van der Waals surface area contributed by atoms with Crippen molar-refractivity contribution in [1.29, 1.82) is 0 Å². The van der Waals surface area contributed by atoms with Gasteiger partial charge in [0.05, 0.1) is 17.6 Å². The molecule has 0 saturated carbocycles. The minimum absolute atomic E-state index is 0.615. The van der Waals surface area contributed by atoms with E-state index in [9.17, 15) is 0 Å². The van der Waals surface area contributed by atoms with Crippen LogP contribution in [0.15, 0.2) is 30.5 Å². The summed E-state index contributed by atoms with van der Waals surface area (Å²) in [6, 6.07) is 8.14. The van der Waals surface area contributed by atoms with E-state index in [4.69, 9.17) is 5.73 Å². The fourth-order valence-electron chi connectivity index (χ4n) is 1.42. The maximum Gasteiger partial charge on any atom is 0.126 e. The molecular weight excluding hydrogens is 186 g/mol. The smallest absolute Gasteiger partial charge is 0.126 e. The molecule has 2 N–H and O–H groups in total. The maximum atomic E-state index is 5.83. The van der Waals surface area contributed by atoms with Gasteiger partial charge in [-0.05, 0) is 13.8 Å². The van der Waals surface area contributed by atoms with Gasteiger partial charge in [-0.3, -0.25) is 0 Å². The zero-order valence-electron chi connectivity index (χ0n) is 8.86. The summed E-state index contributed by atoms with van der Waals surface area (Å²) in [5.41, 5.74) is 9.51. The van der Waals surface area contributed by atoms with Gasteiger partial charge in [0.15, 0.2) is 0 Å². The van der Waals surface area contributed by atoms with Crippen molar-refractivity contribution in [1.82, 2.24) is 9.97 Å². The third-order valence-corrected chi connectivity index (χ3v) is 2.26. The maximum absolute atomic E-state index is 5.83. The highest BCUT2D eigenvalue weighted by Gasteiger charge is 2.04. The van der Waals surface area contributed by atoms with Gasteiger partial charge in [-0.25, -0.2) is 9.97 Å². The van der Waals surface area contributed by atoms with Crippen LogP contribution in [0.5, 0.6) is 0 Å². The van der Waals surface area contributed by atoms with Crippen molar-refractivity contribution in [3.8, 4) is 11.3 Å². The van der Waals surface area contributed by atoms with Crippen LogP contribution in [0.2, 0.25) is 0 Å². The molecule has 0 spiro atoms. The highest BCUT2D eigenvalue weighted by atomic mass is 14.9. The summed E-state index contributed by atoms with van der Waals surface area (Å²) in [4.78, 5) is 8.38. The Kier molecular flexibility index (Phi) is 2.37. The predicted octanol–water partition coefficient (Wildman–Crippen LogP) is 2.34. The zero-order valence-corrected chi connectivity index (χ0v) is 8.86. The number of hydrogen-bond donors (Lipinski definition) is 1. The Morgan fingerprint density at radius 3 is 2.40 bits per heavy atom. The molecule has 1 aromatic carbocycles. The van der Waals surface area contributed by atoms with E-state index in [-0.39, 0.29) is 0 Å². The first kappa shape index (κ1) is 9.65. The Bertz CT molecular complexity index is 475. The van der Waals surface area contributed by atoms with Crippen LogP contribution in [-0.4, -0.2) is 9.97 Å². The molecule has 0 unspecified atom stereocenters. The van der Waals surface area contributed by atoms with E-state index >= 15 is 0 Å². The Morgan fingerprint density at radius 1 is 1.07 bits per heavy atom. The van der Waals surface area contributed by atoms with E-state index < -0.39 is 0 Å². The fourth-order valence-corrected chi connectivity index (χ4v) is 1.42. The van der Waals surface area contributed by atoms with E-state index in [1.54, 1.807) is 6.20 Å². The lowest BCUT2D eigenvalue weighted by Crippen LogP contribution is -1.97. The van der Waals surface area contributed by atoms with Crippen molar-refractivity contribution in [2.45, 2.75) is 13.8 Å². The highest BCUT2D eigenvalue weighted by Crippen LogP contribution is 2.22. The molecule has 0 saturated heterocycles. The van der Waals surface area contributed by atoms with Crippen LogP contribution in [0.4, 0.5) is 5.69 Å². The van der Waals surface area contributed by atoms with E-state index in [1.165, 1.54) is 5.56 Å². The van der Waals surface area contributed by atoms with Crippen molar-refractivity contribution < 1.29 is 0 Å². The normalized spacial score (nSPS) is 10.3. The summed E-state index contributed by atoms with van der Waals surface area (Å²) in [6.07, 6.45) is 1.65. The number of nitrogens with zero attached hydrogens (tertiary/aromatic N) is 2. The molecule has 0 aliphatic rings. The van der Waals surface area contributed by atoms with E-state index in [2.05, 4.69) is 16.9 Å². The van der Waals surface area contributed by atoms with Crippen LogP contribution in [0, 0.1) is 13.8 Å². The van der Waals surface area contributed by atoms with E-state index in [0.717, 1.165) is 17.1 Å². The molecule has 76 valence electrons. The summed E-state index contributed by atoms with van der Waals surface area (Å²) in [5, 5.41) is 0. The average molecular weight is 199 g/mol. The molecular formula is C12H13N3. The van der Waals surface area contributed by atoms with Crippen LogP contribution in [0.25, 0.3) is 11.3 Å². The number of aromatic nitrogens is 2. The molecule has 0 radical (unpaired) electrons. The highest BCUT2D eigenvalue weighted by molar-refractivity contribution is 5.71. The molecule has 0 fully saturated rings. The predicted molar refractivity (Wildman–Crippen MR) is 61.4 cm³/mol. The van der Waals surface area contributed by atoms with E-state index in [0.29, 0.717) is 5.69 Å². The number of benzene rings is 1. The van der Waals surface area contributed by atoms with Crippen molar-refractivity contribution in [2.24, 2.45) is 0 Å². The molecule has 0 atom stereocenters. The first-order chi connectivity index (χ1) is 7.16. The van der Waals surface area contributed by atoms with Crippen molar-refractivity contribution in [2.75, 3.05) is 5.73 Å². The van der Waals surface area contributed by atoms with Gasteiger partial charge < -0.3 is 5.73 Å². The standard InChI is InChI=1S/C12H13N3/c1-8-3-5-10(6-4-8)12-11(13)7-14-9(2)15-12/h3-7H,13H2,1-2H3. The molecule has 0 aliphatic carbocycles. The van der Waals surface area contributed by atoms with Gasteiger partial charge in [0.2, 0.25) is 0 Å². The molecule has 2 rings (SSSR count). The van der Waals surface area contributed by atoms with Gasteiger partial charge >= 0.3 is 0 Å². The lowest BCUT2D eigenvalue weighted by Gasteiger charge is -2.05. The summed E-state index contributed by atoms with van der Waals surface area (Å²) in [6.45, 7) is 3.91. The van der Waals surface area contributed by atoms with Crippen LogP contribution in [0.3, 0.4) is 0 Å². The molecule has 15 heavy (non-hydrogen) atoms. The molecule has 1 heterocycles. The molecule has 0 aliphatic heterocycles. The summed E-state index contributed by atoms with van der Waals surface area (Å²) >= 11 is 0. The van der Waals surface area contributed by atoms with Crippen molar-refractivity contribution in [3.63, 3.8) is 0 Å². The van der Waals surface area contributed by atoms with Gasteiger partial charge in [-0.2, -0.15) is 0 Å². The Balaban J connectivity index is 2.53. The molecule has 3 nitrogen and oxygen atoms in total. The SMILES string of the molecule is Cc1ccc(-c2nc(C)ncc2N)cc1. The summed E-state index contributed by atoms with van der Waals surface area (Å²) < 4.78 is 0. The molecule has 1 aromatic heterocycles. The lowest BCUT2D eigenvalue weighted by molar-refractivity contribution is 1.06. The van der Waals surface area contributed by atoms with Gasteiger partial charge in [0.1, 0.15) is 5.82 Å². The molecule has 3 heteroatoms. The van der Waals surface area contributed by atoms with Gasteiger partial charge in [-0.15, -0.1) is 0 Å². The van der Waals surface area contributed by atoms with Gasteiger partial charge in [-0.1, -0.05) is 29.8 Å². The number of anilines is 1. The van der Waals surface area contributed by atoms with Crippen LogP contribution < -0.4 is 5.73 Å². The first-order valence-corrected chi connectivity index (χ1v) is 4.83. The first-order valence-electron chi connectivity index (χ1n) is 4.83. The van der Waals surface area contributed by atoms with Crippen LogP contribution >= 0.6 is 0 Å². The quantitative estimate of drug-likeness (QED) is 0.767. The number of nitrogens with two attached hydrogens (primary N) is 1. The van der Waals surface area contributed by atoms with Gasteiger partial charge in [0, 0.05) is 5.56 Å². The number of hydrogen-bond acceptors (Lipinski definition) is 3. The minimum Gasteiger partial charge on any atom is -0.396 e. The third kappa shape index (κ3) is 1.96. The van der Waals surface area contributed by atoms with Crippen LogP contribution in [0.1, 0.15) is 11.4 Å². The second kappa shape index (κ2) is 3.69. The van der Waals surface area contributed by atoms with Crippen molar-refractivity contribution in [3.05, 3.63) is 41.9 Å². The Morgan fingerprint density at radius 2 is 1.73 bits per heavy atom. The van der Waals surface area contributed by atoms with Crippen LogP contribution in [-0.2, 0) is 0 Å². The molecule has 0 bridgehead atoms. The Labute approximate surface area is 89.0 Å². The third-order valence-electron chi connectivity index (χ3n) is 2.26. The number of aryl methyl sites for hydroxylation is 2. The molecule has 2 aromatic rings. The number of rotatable bonds is 1. The second-order valence-corrected chi connectivity index (χ2v) is 3.59. The average Bonchev–Trinajstić information content (AvgIpc) is 2.23. The van der Waals surface area contributed by atoms with E-state index in [1.807, 2.05) is 31.2 Å². The fraction of sp³-hybridized carbons (Fsp3) is 0.167. The van der Waals surface area contributed by atoms with Gasteiger partial charge in [0.25, 0.3) is 0 Å². The monoisotopic (exact) mass is 199 g/mol.